The number of carbonyl (C=O) groups excluding carboxylic acids is 1. The Morgan fingerprint density at radius 1 is 1.06 bits per heavy atom. The minimum Gasteiger partial charge on any atom is -0.282 e. The third-order valence-corrected chi connectivity index (χ3v) is 5.37. The molecule has 8 heteroatoms. The second-order valence-corrected chi connectivity index (χ2v) is 8.99. The van der Waals surface area contributed by atoms with E-state index in [1.54, 1.807) is 30.6 Å². The maximum Gasteiger partial charge on any atom is 0.294 e. The number of rotatable bonds is 5. The van der Waals surface area contributed by atoms with Gasteiger partial charge in [-0.3, -0.25) is 9.35 Å². The molecule has 0 radical (unpaired) electrons. The van der Waals surface area contributed by atoms with Crippen molar-refractivity contribution in [3.05, 3.63) is 95.3 Å². The van der Waals surface area contributed by atoms with Crippen LogP contribution < -0.4 is 9.99 Å². The van der Waals surface area contributed by atoms with Crippen molar-refractivity contribution in [1.82, 2.24) is 5.43 Å². The van der Waals surface area contributed by atoms with E-state index in [0.29, 0.717) is 11.5 Å². The summed E-state index contributed by atoms with van der Waals surface area (Å²) in [5.74, 6) is 0.288. The molecule has 2 aromatic carbocycles. The van der Waals surface area contributed by atoms with Crippen molar-refractivity contribution in [2.24, 2.45) is 12.1 Å². The Morgan fingerprint density at radius 3 is 2.22 bits per heavy atom. The van der Waals surface area contributed by atoms with Crippen LogP contribution in [0.25, 0.3) is 0 Å². The van der Waals surface area contributed by atoms with Gasteiger partial charge in [-0.25, -0.2) is 9.99 Å². The summed E-state index contributed by atoms with van der Waals surface area (Å²) in [6.45, 7) is 6.15. The maximum absolute atomic E-state index is 11.9. The molecule has 0 spiro atoms. The van der Waals surface area contributed by atoms with Gasteiger partial charge < -0.3 is 0 Å². The Labute approximate surface area is 189 Å². The number of nitrogens with zero attached hydrogens (tertiary/aromatic N) is 2. The van der Waals surface area contributed by atoms with Gasteiger partial charge in [-0.1, -0.05) is 55.8 Å². The zero-order chi connectivity index (χ0) is 23.7. The van der Waals surface area contributed by atoms with E-state index in [9.17, 15) is 13.2 Å². The molecule has 0 aliphatic carbocycles. The Morgan fingerprint density at radius 2 is 1.69 bits per heavy atom. The lowest BCUT2D eigenvalue weighted by Crippen LogP contribution is -2.29. The van der Waals surface area contributed by atoms with Crippen molar-refractivity contribution in [3.8, 4) is 0 Å². The van der Waals surface area contributed by atoms with E-state index in [2.05, 4.69) is 36.5 Å². The van der Waals surface area contributed by atoms with E-state index in [1.165, 1.54) is 17.7 Å². The molecule has 1 aromatic heterocycles. The van der Waals surface area contributed by atoms with Gasteiger partial charge in [0.25, 0.3) is 16.0 Å². The van der Waals surface area contributed by atoms with Crippen molar-refractivity contribution in [1.29, 1.82) is 0 Å². The van der Waals surface area contributed by atoms with Crippen molar-refractivity contribution < 1.29 is 22.3 Å². The first-order valence-electron chi connectivity index (χ1n) is 9.99. The molecule has 0 fully saturated rings. The molecule has 3 rings (SSSR count). The van der Waals surface area contributed by atoms with E-state index in [1.807, 2.05) is 42.9 Å². The number of pyridine rings is 1. The lowest BCUT2D eigenvalue weighted by Gasteiger charge is -2.04. The fourth-order valence-electron chi connectivity index (χ4n) is 2.63. The lowest BCUT2D eigenvalue weighted by atomic mass is 10.0. The summed E-state index contributed by atoms with van der Waals surface area (Å²) in [6, 6.07) is 17.7. The quantitative estimate of drug-likeness (QED) is 0.266. The Kier molecular flexibility index (Phi) is 8.80. The van der Waals surface area contributed by atoms with Gasteiger partial charge in [0.2, 0.25) is 0 Å². The predicted molar refractivity (Wildman–Crippen MR) is 124 cm³/mol. The molecule has 7 nitrogen and oxygen atoms in total. The van der Waals surface area contributed by atoms with Crippen LogP contribution in [-0.4, -0.2) is 25.1 Å². The van der Waals surface area contributed by atoms with Crippen molar-refractivity contribution in [2.45, 2.75) is 31.6 Å². The summed E-state index contributed by atoms with van der Waals surface area (Å²) in [6.07, 6.45) is 5.27. The Bertz CT molecular complexity index is 1170. The molecule has 0 saturated heterocycles. The molecule has 0 saturated carbocycles. The van der Waals surface area contributed by atoms with E-state index in [-0.39, 0.29) is 10.8 Å². The molecule has 0 atom stereocenters. The van der Waals surface area contributed by atoms with Crippen LogP contribution in [0, 0.1) is 6.92 Å². The van der Waals surface area contributed by atoms with E-state index in [0.717, 1.165) is 11.1 Å². The molecule has 2 N–H and O–H groups in total. The number of hydrazone groups is 1. The van der Waals surface area contributed by atoms with Crippen LogP contribution in [-0.2, 0) is 17.2 Å². The van der Waals surface area contributed by atoms with Crippen LogP contribution >= 0.6 is 0 Å². The number of benzene rings is 2. The van der Waals surface area contributed by atoms with Gasteiger partial charge >= 0.3 is 0 Å². The number of hydrogen-bond donors (Lipinski definition) is 2. The average molecular weight is 455 g/mol. The fraction of sp³-hybridized carbons (Fsp3) is 0.208. The van der Waals surface area contributed by atoms with Crippen LogP contribution in [0.1, 0.15) is 46.8 Å². The molecule has 0 bridgehead atoms. The predicted octanol–water partition coefficient (Wildman–Crippen LogP) is 3.64. The highest BCUT2D eigenvalue weighted by Gasteiger charge is 2.08. The summed E-state index contributed by atoms with van der Waals surface area (Å²) in [4.78, 5) is 11.8. The minimum atomic E-state index is -4.02. The van der Waals surface area contributed by atoms with Gasteiger partial charge in [0.15, 0.2) is 12.4 Å². The SMILES string of the molecule is CC(C)c1ccc(/C=N/NC(=O)c2ccc[n+](C)c2)cc1.Cc1ccc(S(=O)(=O)O)cc1. The zero-order valence-corrected chi connectivity index (χ0v) is 19.4. The lowest BCUT2D eigenvalue weighted by molar-refractivity contribution is -0.671. The third kappa shape index (κ3) is 8.05. The maximum atomic E-state index is 11.9. The largest absolute Gasteiger partial charge is 0.294 e. The average Bonchev–Trinajstić information content (AvgIpc) is 2.74. The summed E-state index contributed by atoms with van der Waals surface area (Å²) in [5.41, 5.74) is 6.30. The van der Waals surface area contributed by atoms with E-state index >= 15 is 0 Å². The monoisotopic (exact) mass is 454 g/mol. The van der Waals surface area contributed by atoms with Crippen LogP contribution in [0.5, 0.6) is 0 Å². The summed E-state index contributed by atoms with van der Waals surface area (Å²) < 4.78 is 31.4. The number of carbonyl (C=O) groups is 1. The van der Waals surface area contributed by atoms with Crippen molar-refractivity contribution in [3.63, 3.8) is 0 Å². The number of aromatic nitrogens is 1. The first-order valence-corrected chi connectivity index (χ1v) is 11.4. The van der Waals surface area contributed by atoms with Gasteiger partial charge in [0.1, 0.15) is 12.6 Å². The highest BCUT2D eigenvalue weighted by atomic mass is 32.2. The first kappa shape index (κ1) is 24.9. The molecule has 0 unspecified atom stereocenters. The number of amides is 1. The summed E-state index contributed by atoms with van der Waals surface area (Å²) >= 11 is 0. The van der Waals surface area contributed by atoms with Gasteiger partial charge in [0.05, 0.1) is 11.1 Å². The minimum absolute atomic E-state index is 0.0666. The smallest absolute Gasteiger partial charge is 0.282 e. The van der Waals surface area contributed by atoms with Gasteiger partial charge in [0, 0.05) is 6.07 Å². The fourth-order valence-corrected chi connectivity index (χ4v) is 3.11. The van der Waals surface area contributed by atoms with Crippen molar-refractivity contribution >= 4 is 22.2 Å². The Balaban J connectivity index is 0.000000278. The molecule has 3 aromatic rings. The summed E-state index contributed by atoms with van der Waals surface area (Å²) in [7, 11) is -2.15. The van der Waals surface area contributed by atoms with Gasteiger partial charge in [-0.15, -0.1) is 0 Å². The number of aryl methyl sites for hydroxylation is 2. The highest BCUT2D eigenvalue weighted by molar-refractivity contribution is 7.85. The standard InChI is InChI=1S/C17H19N3O.C7H8O3S/c1-13(2)15-8-6-14(7-9-15)11-18-19-17(21)16-5-4-10-20(3)12-16;1-6-2-4-7(5-3-6)11(8,9)10/h4-13H,1-3H3;2-5H,1H3,(H,8,9,10)/p+1/b18-11+;. The summed E-state index contributed by atoms with van der Waals surface area (Å²) in [5, 5.41) is 3.99. The van der Waals surface area contributed by atoms with Crippen LogP contribution in [0.4, 0.5) is 0 Å². The second-order valence-electron chi connectivity index (χ2n) is 7.57. The van der Waals surface area contributed by atoms with Crippen LogP contribution in [0.15, 0.2) is 83.1 Å². The van der Waals surface area contributed by atoms with E-state index in [4.69, 9.17) is 4.55 Å². The third-order valence-electron chi connectivity index (χ3n) is 4.50. The molecule has 1 amide bonds. The second kappa shape index (κ2) is 11.3. The molecule has 0 aliphatic rings. The molecule has 168 valence electrons. The van der Waals surface area contributed by atoms with Gasteiger partial charge in [-0.05, 0) is 42.2 Å². The number of hydrogen-bond acceptors (Lipinski definition) is 4. The van der Waals surface area contributed by atoms with Gasteiger partial charge in [-0.2, -0.15) is 13.5 Å². The molecule has 0 aliphatic heterocycles. The van der Waals surface area contributed by atoms with Crippen LogP contribution in [0.2, 0.25) is 0 Å². The molecular formula is C24H28N3O4S+. The zero-order valence-electron chi connectivity index (χ0n) is 18.6. The Hall–Kier alpha value is -3.36. The number of nitrogens with one attached hydrogen (secondary N) is 1. The topological polar surface area (TPSA) is 99.7 Å². The molecule has 32 heavy (non-hydrogen) atoms. The molecular weight excluding hydrogens is 426 g/mol. The highest BCUT2D eigenvalue weighted by Crippen LogP contribution is 2.13. The first-order chi connectivity index (χ1) is 15.1. The van der Waals surface area contributed by atoms with Crippen molar-refractivity contribution in [2.75, 3.05) is 0 Å². The molecule has 1 heterocycles. The van der Waals surface area contributed by atoms with Crippen LogP contribution in [0.3, 0.4) is 0 Å². The van der Waals surface area contributed by atoms with E-state index < -0.39 is 10.1 Å². The normalized spacial score (nSPS) is 11.2.